The van der Waals surface area contributed by atoms with Gasteiger partial charge in [-0.1, -0.05) is 17.7 Å². The Hall–Kier alpha value is -1.15. The highest BCUT2D eigenvalue weighted by atomic mass is 16.5. The van der Waals surface area contributed by atoms with Crippen LogP contribution in [0.1, 0.15) is 35.6 Å². The van der Waals surface area contributed by atoms with Gasteiger partial charge in [0.1, 0.15) is 5.78 Å². The second-order valence-corrected chi connectivity index (χ2v) is 4.54. The van der Waals surface area contributed by atoms with E-state index >= 15 is 0 Å². The van der Waals surface area contributed by atoms with Crippen molar-refractivity contribution in [1.82, 2.24) is 0 Å². The molecule has 0 aliphatic rings. The molecule has 0 fully saturated rings. The Morgan fingerprint density at radius 1 is 1.18 bits per heavy atom. The van der Waals surface area contributed by atoms with Crippen molar-refractivity contribution in [3.8, 4) is 0 Å². The molecule has 0 N–H and O–H groups in total. The number of benzene rings is 1. The molecule has 1 rings (SSSR count). The molecule has 0 unspecified atom stereocenters. The first-order chi connectivity index (χ1) is 8.04. The van der Waals surface area contributed by atoms with Crippen molar-refractivity contribution in [3.63, 3.8) is 0 Å². The normalized spacial score (nSPS) is 10.6. The summed E-state index contributed by atoms with van der Waals surface area (Å²) in [7, 11) is 0. The molecule has 0 amide bonds. The molecule has 0 spiro atoms. The van der Waals surface area contributed by atoms with Gasteiger partial charge in [0.15, 0.2) is 0 Å². The predicted octanol–water partition coefficient (Wildman–Crippen LogP) is 3.15. The highest BCUT2D eigenvalue weighted by molar-refractivity contribution is 5.81. The van der Waals surface area contributed by atoms with E-state index < -0.39 is 0 Å². The zero-order valence-corrected chi connectivity index (χ0v) is 11.3. The predicted molar refractivity (Wildman–Crippen MR) is 70.5 cm³/mol. The third-order valence-electron chi connectivity index (χ3n) is 2.94. The third kappa shape index (κ3) is 4.31. The number of hydrogen-bond donors (Lipinski definition) is 0. The van der Waals surface area contributed by atoms with Gasteiger partial charge in [-0.25, -0.2) is 0 Å². The minimum Gasteiger partial charge on any atom is -0.381 e. The Labute approximate surface area is 104 Å². The molecule has 0 heterocycles. The van der Waals surface area contributed by atoms with E-state index in [1.54, 1.807) is 0 Å². The lowest BCUT2D eigenvalue weighted by Crippen LogP contribution is -2.09. The molecule has 17 heavy (non-hydrogen) atoms. The molecule has 1 aromatic rings. The number of carbonyl (C=O) groups excluding carboxylic acids is 1. The van der Waals surface area contributed by atoms with Gasteiger partial charge in [-0.15, -0.1) is 0 Å². The van der Waals surface area contributed by atoms with Gasteiger partial charge in [-0.2, -0.15) is 0 Å². The summed E-state index contributed by atoms with van der Waals surface area (Å²) in [6, 6.07) is 4.27. The Bertz CT molecular complexity index is 371. The van der Waals surface area contributed by atoms with Gasteiger partial charge < -0.3 is 4.74 Å². The van der Waals surface area contributed by atoms with E-state index in [0.29, 0.717) is 26.1 Å². The van der Waals surface area contributed by atoms with Gasteiger partial charge in [0, 0.05) is 19.4 Å². The monoisotopic (exact) mass is 234 g/mol. The second-order valence-electron chi connectivity index (χ2n) is 4.54. The lowest BCUT2D eigenvalue weighted by Gasteiger charge is -2.10. The first-order valence-electron chi connectivity index (χ1n) is 6.20. The second kappa shape index (κ2) is 6.55. The Kier molecular flexibility index (Phi) is 5.36. The van der Waals surface area contributed by atoms with E-state index in [0.717, 1.165) is 0 Å². The topological polar surface area (TPSA) is 26.3 Å². The van der Waals surface area contributed by atoms with Crippen molar-refractivity contribution in [2.24, 2.45) is 0 Å². The highest BCUT2D eigenvalue weighted by Gasteiger charge is 2.09. The molecular formula is C15H22O2. The molecule has 2 nitrogen and oxygen atoms in total. The molecule has 0 radical (unpaired) electrons. The lowest BCUT2D eigenvalue weighted by molar-refractivity contribution is -0.119. The maximum Gasteiger partial charge on any atom is 0.139 e. The van der Waals surface area contributed by atoms with Crippen LogP contribution in [0.5, 0.6) is 0 Å². The van der Waals surface area contributed by atoms with Crippen LogP contribution in [0.25, 0.3) is 0 Å². The van der Waals surface area contributed by atoms with Crippen LogP contribution in [-0.4, -0.2) is 19.0 Å². The zero-order chi connectivity index (χ0) is 12.8. The quantitative estimate of drug-likeness (QED) is 0.707. The SMILES string of the molecule is CCOCCC(=O)Cc1c(C)cc(C)cc1C. The fourth-order valence-electron chi connectivity index (χ4n) is 2.10. The average molecular weight is 234 g/mol. The van der Waals surface area contributed by atoms with Crippen LogP contribution < -0.4 is 0 Å². The van der Waals surface area contributed by atoms with E-state index in [1.165, 1.54) is 22.3 Å². The molecule has 1 aromatic carbocycles. The van der Waals surface area contributed by atoms with Gasteiger partial charge in [0.25, 0.3) is 0 Å². The summed E-state index contributed by atoms with van der Waals surface area (Å²) in [5.74, 6) is 0.258. The standard InChI is InChI=1S/C15H22O2/c1-5-17-7-6-14(16)10-15-12(3)8-11(2)9-13(15)4/h8-9H,5-7,10H2,1-4H3. The summed E-state index contributed by atoms with van der Waals surface area (Å²) in [6.07, 6.45) is 1.05. The number of carbonyl (C=O) groups is 1. The Balaban J connectivity index is 2.65. The van der Waals surface area contributed by atoms with E-state index in [1.807, 2.05) is 6.92 Å². The lowest BCUT2D eigenvalue weighted by atomic mass is 9.95. The largest absolute Gasteiger partial charge is 0.381 e. The Morgan fingerprint density at radius 3 is 2.29 bits per heavy atom. The fraction of sp³-hybridized carbons (Fsp3) is 0.533. The van der Waals surface area contributed by atoms with Gasteiger partial charge in [-0.05, 0) is 44.4 Å². The number of aryl methyl sites for hydroxylation is 3. The van der Waals surface area contributed by atoms with Crippen LogP contribution in [0.3, 0.4) is 0 Å². The molecule has 0 aromatic heterocycles. The van der Waals surface area contributed by atoms with Crippen molar-refractivity contribution in [1.29, 1.82) is 0 Å². The van der Waals surface area contributed by atoms with Gasteiger partial charge in [0.05, 0.1) is 6.61 Å². The molecule has 0 atom stereocenters. The molecule has 2 heteroatoms. The van der Waals surface area contributed by atoms with Crippen LogP contribution in [0, 0.1) is 20.8 Å². The smallest absolute Gasteiger partial charge is 0.139 e. The van der Waals surface area contributed by atoms with Crippen LogP contribution >= 0.6 is 0 Å². The van der Waals surface area contributed by atoms with Gasteiger partial charge in [0.2, 0.25) is 0 Å². The van der Waals surface area contributed by atoms with E-state index in [2.05, 4.69) is 32.9 Å². The molecule has 0 aliphatic heterocycles. The number of ketones is 1. The summed E-state index contributed by atoms with van der Waals surface area (Å²) < 4.78 is 5.20. The summed E-state index contributed by atoms with van der Waals surface area (Å²) >= 11 is 0. The molecule has 94 valence electrons. The highest BCUT2D eigenvalue weighted by Crippen LogP contribution is 2.17. The number of rotatable bonds is 6. The minimum atomic E-state index is 0.258. The fourth-order valence-corrected chi connectivity index (χ4v) is 2.10. The maximum atomic E-state index is 11.8. The molecule has 0 saturated heterocycles. The first-order valence-corrected chi connectivity index (χ1v) is 6.20. The molecule has 0 bridgehead atoms. The summed E-state index contributed by atoms with van der Waals surface area (Å²) in [4.78, 5) is 11.8. The number of ether oxygens (including phenoxy) is 1. The number of Topliss-reactive ketones (excluding diaryl/α,β-unsaturated/α-hetero) is 1. The summed E-state index contributed by atoms with van der Waals surface area (Å²) in [6.45, 7) is 9.39. The zero-order valence-electron chi connectivity index (χ0n) is 11.3. The van der Waals surface area contributed by atoms with E-state index in [-0.39, 0.29) is 5.78 Å². The van der Waals surface area contributed by atoms with Crippen molar-refractivity contribution >= 4 is 5.78 Å². The maximum absolute atomic E-state index is 11.8. The van der Waals surface area contributed by atoms with Crippen molar-refractivity contribution in [3.05, 3.63) is 34.4 Å². The minimum absolute atomic E-state index is 0.258. The van der Waals surface area contributed by atoms with Gasteiger partial charge >= 0.3 is 0 Å². The molecular weight excluding hydrogens is 212 g/mol. The average Bonchev–Trinajstić information content (AvgIpc) is 2.24. The van der Waals surface area contributed by atoms with Crippen molar-refractivity contribution < 1.29 is 9.53 Å². The van der Waals surface area contributed by atoms with Crippen molar-refractivity contribution in [2.45, 2.75) is 40.5 Å². The van der Waals surface area contributed by atoms with Crippen molar-refractivity contribution in [2.75, 3.05) is 13.2 Å². The van der Waals surface area contributed by atoms with Gasteiger partial charge in [-0.3, -0.25) is 4.79 Å². The summed E-state index contributed by atoms with van der Waals surface area (Å²) in [5, 5.41) is 0. The van der Waals surface area contributed by atoms with Crippen LogP contribution in [0.4, 0.5) is 0 Å². The van der Waals surface area contributed by atoms with Crippen LogP contribution in [-0.2, 0) is 16.0 Å². The molecule has 0 saturated carbocycles. The number of hydrogen-bond acceptors (Lipinski definition) is 2. The van der Waals surface area contributed by atoms with Crippen LogP contribution in [0.2, 0.25) is 0 Å². The third-order valence-corrected chi connectivity index (χ3v) is 2.94. The molecule has 0 aliphatic carbocycles. The van der Waals surface area contributed by atoms with E-state index in [9.17, 15) is 4.79 Å². The Morgan fingerprint density at radius 2 is 1.76 bits per heavy atom. The van der Waals surface area contributed by atoms with E-state index in [4.69, 9.17) is 4.74 Å². The first kappa shape index (κ1) is 13.9. The summed E-state index contributed by atoms with van der Waals surface area (Å²) in [5.41, 5.74) is 4.86. The van der Waals surface area contributed by atoms with Crippen LogP contribution in [0.15, 0.2) is 12.1 Å².